The van der Waals surface area contributed by atoms with E-state index in [0.29, 0.717) is 18.6 Å². The number of ether oxygens (including phenoxy) is 1. The smallest absolute Gasteiger partial charge is 0.269 e. The molecule has 1 aliphatic rings. The lowest BCUT2D eigenvalue weighted by atomic mass is 10.0. The molecule has 0 aromatic heterocycles. The highest BCUT2D eigenvalue weighted by Gasteiger charge is 2.28. The third kappa shape index (κ3) is 4.20. The topological polar surface area (TPSA) is 84.5 Å². The predicted molar refractivity (Wildman–Crippen MR) is 84.1 cm³/mol. The molecule has 0 radical (unpaired) electrons. The van der Waals surface area contributed by atoms with Gasteiger partial charge in [-0.15, -0.1) is 4.83 Å². The normalized spacial score (nSPS) is 16.1. The van der Waals surface area contributed by atoms with Crippen molar-refractivity contribution in [1.82, 2.24) is 10.3 Å². The zero-order chi connectivity index (χ0) is 17.0. The Bertz CT molecular complexity index is 685. The van der Waals surface area contributed by atoms with Gasteiger partial charge in [-0.05, 0) is 37.5 Å². The van der Waals surface area contributed by atoms with Crippen molar-refractivity contribution in [3.05, 3.63) is 29.1 Å². The monoisotopic (exact) mass is 344 g/mol. The molecule has 0 bridgehead atoms. The Morgan fingerprint density at radius 1 is 1.26 bits per heavy atom. The summed E-state index contributed by atoms with van der Waals surface area (Å²) in [5.74, 6) is -1.24. The van der Waals surface area contributed by atoms with Crippen molar-refractivity contribution < 1.29 is 22.3 Å². The van der Waals surface area contributed by atoms with Gasteiger partial charge in [0, 0.05) is 0 Å². The Morgan fingerprint density at radius 3 is 2.52 bits per heavy atom. The van der Waals surface area contributed by atoms with Gasteiger partial charge in [0.05, 0.1) is 17.9 Å². The Labute approximate surface area is 135 Å². The number of hydrogen-bond donors (Lipinski definition) is 2. The average Bonchev–Trinajstić information content (AvgIpc) is 2.56. The lowest BCUT2D eigenvalue weighted by Crippen LogP contribution is -2.46. The van der Waals surface area contributed by atoms with E-state index in [1.165, 1.54) is 26.2 Å². The Balaban J connectivity index is 2.09. The first-order valence-corrected chi connectivity index (χ1v) is 9.05. The molecule has 0 atom stereocenters. The summed E-state index contributed by atoms with van der Waals surface area (Å²) in [6.45, 7) is 1.50. The molecule has 23 heavy (non-hydrogen) atoms. The molecule has 0 aliphatic heterocycles. The first-order valence-electron chi connectivity index (χ1n) is 7.50. The van der Waals surface area contributed by atoms with Gasteiger partial charge in [-0.2, -0.15) is 0 Å². The molecule has 6 nitrogen and oxygen atoms in total. The second-order valence-corrected chi connectivity index (χ2v) is 7.63. The van der Waals surface area contributed by atoms with Gasteiger partial charge >= 0.3 is 0 Å². The number of rotatable bonds is 5. The van der Waals surface area contributed by atoms with Crippen molar-refractivity contribution in [2.24, 2.45) is 0 Å². The molecule has 2 N–H and O–H groups in total. The molecular formula is C15H21FN2O4S. The van der Waals surface area contributed by atoms with Crippen LogP contribution >= 0.6 is 0 Å². The summed E-state index contributed by atoms with van der Waals surface area (Å²) in [5, 5.41) is -0.520. The Hall–Kier alpha value is -1.67. The standard InChI is InChI=1S/C15H21FN2O4S/c1-10-8-11(22-2)9-13(14(10)16)15(19)17-18-23(20,21)12-6-4-3-5-7-12/h8-9,12,18H,3-7H2,1-2H3,(H,17,19). The summed E-state index contributed by atoms with van der Waals surface area (Å²) in [5.41, 5.74) is 2.05. The lowest BCUT2D eigenvalue weighted by Gasteiger charge is -2.22. The molecule has 0 heterocycles. The number of methoxy groups -OCH3 is 1. The van der Waals surface area contributed by atoms with E-state index < -0.39 is 27.0 Å². The molecule has 2 rings (SSSR count). The minimum absolute atomic E-state index is 0.240. The highest BCUT2D eigenvalue weighted by Crippen LogP contribution is 2.23. The maximum Gasteiger partial charge on any atom is 0.269 e. The summed E-state index contributed by atoms with van der Waals surface area (Å²) >= 11 is 0. The highest BCUT2D eigenvalue weighted by atomic mass is 32.2. The van der Waals surface area contributed by atoms with Gasteiger partial charge < -0.3 is 4.74 Å². The van der Waals surface area contributed by atoms with Crippen molar-refractivity contribution in [1.29, 1.82) is 0 Å². The van der Waals surface area contributed by atoms with E-state index in [-0.39, 0.29) is 11.1 Å². The molecule has 1 saturated carbocycles. The van der Waals surface area contributed by atoms with Crippen LogP contribution in [0, 0.1) is 12.7 Å². The summed E-state index contributed by atoms with van der Waals surface area (Å²) in [4.78, 5) is 14.2. The first-order chi connectivity index (χ1) is 10.8. The zero-order valence-corrected chi connectivity index (χ0v) is 14.0. The van der Waals surface area contributed by atoms with Crippen LogP contribution in [0.15, 0.2) is 12.1 Å². The van der Waals surface area contributed by atoms with Gasteiger partial charge in [-0.1, -0.05) is 19.3 Å². The molecule has 1 aromatic rings. The maximum absolute atomic E-state index is 14.0. The third-order valence-corrected chi connectivity index (χ3v) is 5.74. The van der Waals surface area contributed by atoms with Crippen LogP contribution < -0.4 is 15.0 Å². The quantitative estimate of drug-likeness (QED) is 0.801. The summed E-state index contributed by atoms with van der Waals surface area (Å²) in [7, 11) is -2.26. The zero-order valence-electron chi connectivity index (χ0n) is 13.2. The van der Waals surface area contributed by atoms with E-state index in [4.69, 9.17) is 4.74 Å². The number of benzene rings is 1. The van der Waals surface area contributed by atoms with Crippen LogP contribution in [0.3, 0.4) is 0 Å². The van der Waals surface area contributed by atoms with Crippen LogP contribution in [-0.4, -0.2) is 26.7 Å². The summed E-state index contributed by atoms with van der Waals surface area (Å²) in [6.07, 6.45) is 3.86. The molecule has 1 aliphatic carbocycles. The predicted octanol–water partition coefficient (Wildman–Crippen LogP) is 2.04. The Morgan fingerprint density at radius 2 is 1.91 bits per heavy atom. The van der Waals surface area contributed by atoms with Crippen LogP contribution in [0.25, 0.3) is 0 Å². The maximum atomic E-state index is 14.0. The number of carbonyl (C=O) groups excluding carboxylic acids is 1. The van der Waals surface area contributed by atoms with E-state index in [9.17, 15) is 17.6 Å². The highest BCUT2D eigenvalue weighted by molar-refractivity contribution is 7.90. The van der Waals surface area contributed by atoms with Crippen LogP contribution in [-0.2, 0) is 10.0 Å². The van der Waals surface area contributed by atoms with Crippen LogP contribution in [0.1, 0.15) is 48.0 Å². The molecule has 1 amide bonds. The van der Waals surface area contributed by atoms with Crippen molar-refractivity contribution >= 4 is 15.9 Å². The second kappa shape index (κ2) is 7.27. The minimum Gasteiger partial charge on any atom is -0.497 e. The van der Waals surface area contributed by atoms with E-state index in [0.717, 1.165) is 19.3 Å². The number of hydrazine groups is 1. The van der Waals surface area contributed by atoms with Crippen molar-refractivity contribution in [3.8, 4) is 5.75 Å². The second-order valence-electron chi connectivity index (χ2n) is 5.67. The number of nitrogens with one attached hydrogen (secondary N) is 2. The summed E-state index contributed by atoms with van der Waals surface area (Å²) in [6, 6.07) is 2.69. The van der Waals surface area contributed by atoms with Crippen LogP contribution in [0.2, 0.25) is 0 Å². The molecule has 0 saturated heterocycles. The fourth-order valence-corrected chi connectivity index (χ4v) is 4.02. The number of amides is 1. The molecule has 0 spiro atoms. The number of sulfonamides is 1. The first kappa shape index (κ1) is 17.7. The largest absolute Gasteiger partial charge is 0.497 e. The van der Waals surface area contributed by atoms with E-state index in [2.05, 4.69) is 10.3 Å². The fraction of sp³-hybridized carbons (Fsp3) is 0.533. The van der Waals surface area contributed by atoms with Gasteiger partial charge in [-0.3, -0.25) is 10.2 Å². The van der Waals surface area contributed by atoms with Crippen molar-refractivity contribution in [2.75, 3.05) is 7.11 Å². The average molecular weight is 344 g/mol. The van der Waals surface area contributed by atoms with Gasteiger partial charge in [0.15, 0.2) is 0 Å². The summed E-state index contributed by atoms with van der Waals surface area (Å²) < 4.78 is 43.3. The molecule has 8 heteroatoms. The van der Waals surface area contributed by atoms with Crippen molar-refractivity contribution in [2.45, 2.75) is 44.3 Å². The Kier molecular flexibility index (Phi) is 5.59. The van der Waals surface area contributed by atoms with Gasteiger partial charge in [-0.25, -0.2) is 12.8 Å². The molecule has 1 aromatic carbocycles. The van der Waals surface area contributed by atoms with E-state index >= 15 is 0 Å². The number of carbonyl (C=O) groups is 1. The fourth-order valence-electron chi connectivity index (χ4n) is 2.66. The molecule has 128 valence electrons. The van der Waals surface area contributed by atoms with Gasteiger partial charge in [0.2, 0.25) is 10.0 Å². The van der Waals surface area contributed by atoms with E-state index in [1.807, 2.05) is 0 Å². The van der Waals surface area contributed by atoms with Gasteiger partial charge in [0.25, 0.3) is 5.91 Å². The third-order valence-electron chi connectivity index (χ3n) is 4.01. The lowest BCUT2D eigenvalue weighted by molar-refractivity contribution is 0.0940. The number of halogens is 1. The molecule has 1 fully saturated rings. The van der Waals surface area contributed by atoms with E-state index in [1.54, 1.807) is 0 Å². The van der Waals surface area contributed by atoms with Crippen molar-refractivity contribution in [3.63, 3.8) is 0 Å². The number of hydrogen-bond acceptors (Lipinski definition) is 4. The number of aryl methyl sites for hydroxylation is 1. The minimum atomic E-state index is -3.66. The van der Waals surface area contributed by atoms with Crippen LogP contribution in [0.4, 0.5) is 4.39 Å². The van der Waals surface area contributed by atoms with Crippen LogP contribution in [0.5, 0.6) is 5.75 Å². The molecular weight excluding hydrogens is 323 g/mol. The molecule has 0 unspecified atom stereocenters. The SMILES string of the molecule is COc1cc(C)c(F)c(C(=O)NNS(=O)(=O)C2CCCCC2)c1. The van der Waals surface area contributed by atoms with Gasteiger partial charge in [0.1, 0.15) is 11.6 Å².